The number of nitrogens with two attached hydrogens (primary N) is 1. The third-order valence-electron chi connectivity index (χ3n) is 3.55. The summed E-state index contributed by atoms with van der Waals surface area (Å²) < 4.78 is 37.6. The van der Waals surface area contributed by atoms with Crippen LogP contribution in [0.4, 0.5) is 13.2 Å². The summed E-state index contributed by atoms with van der Waals surface area (Å²) >= 11 is 5.68. The molecule has 138 valence electrons. The fraction of sp³-hybridized carbons (Fsp3) is 0.235. The highest BCUT2D eigenvalue weighted by Gasteiger charge is 2.30. The third kappa shape index (κ3) is 5.73. The van der Waals surface area contributed by atoms with E-state index in [1.54, 1.807) is 12.1 Å². The fourth-order valence-electron chi connectivity index (χ4n) is 2.23. The number of aromatic nitrogens is 1. The van der Waals surface area contributed by atoms with Crippen molar-refractivity contribution in [3.05, 3.63) is 64.4 Å². The molecule has 0 radical (unpaired) electrons. The molecule has 0 spiro atoms. The van der Waals surface area contributed by atoms with Gasteiger partial charge in [0.2, 0.25) is 11.8 Å². The van der Waals surface area contributed by atoms with Gasteiger partial charge in [-0.3, -0.25) is 9.59 Å². The van der Waals surface area contributed by atoms with E-state index < -0.39 is 29.6 Å². The number of carbonyl (C=O) groups excluding carboxylic acids is 2. The molecule has 1 aromatic carbocycles. The van der Waals surface area contributed by atoms with Crippen molar-refractivity contribution < 1.29 is 22.8 Å². The van der Waals surface area contributed by atoms with Gasteiger partial charge in [-0.2, -0.15) is 13.2 Å². The molecular formula is C17H15ClF3N3O2. The Hall–Kier alpha value is -2.61. The quantitative estimate of drug-likeness (QED) is 0.749. The van der Waals surface area contributed by atoms with Crippen LogP contribution in [0.3, 0.4) is 0 Å². The summed E-state index contributed by atoms with van der Waals surface area (Å²) in [6.45, 7) is 0. The standard InChI is InChI=1S/C17H15ClF3N3O2/c18-14-6-3-11(9-23-14)7-13(16(22)26)24-15(25)8-10-1-4-12(5-2-10)17(19,20)21/h1-6,9,13H,7-8H2,(H2,22,26)(H,24,25)/t13-/m0/s1. The molecule has 2 amide bonds. The Labute approximate surface area is 152 Å². The second-order valence-electron chi connectivity index (χ2n) is 5.59. The van der Waals surface area contributed by atoms with Crippen LogP contribution in [0.15, 0.2) is 42.6 Å². The van der Waals surface area contributed by atoms with Crippen LogP contribution in [-0.2, 0) is 28.6 Å². The highest BCUT2D eigenvalue weighted by atomic mass is 35.5. The van der Waals surface area contributed by atoms with Gasteiger partial charge in [-0.1, -0.05) is 29.8 Å². The average molecular weight is 386 g/mol. The molecular weight excluding hydrogens is 371 g/mol. The van der Waals surface area contributed by atoms with Crippen LogP contribution in [-0.4, -0.2) is 22.8 Å². The Kier molecular flexibility index (Phi) is 6.20. The molecule has 0 aliphatic carbocycles. The average Bonchev–Trinajstić information content (AvgIpc) is 2.55. The number of pyridine rings is 1. The SMILES string of the molecule is NC(=O)[C@H](Cc1ccc(Cl)nc1)NC(=O)Cc1ccc(C(F)(F)F)cc1. The number of primary amides is 1. The largest absolute Gasteiger partial charge is 0.416 e. The predicted molar refractivity (Wildman–Crippen MR) is 89.2 cm³/mol. The van der Waals surface area contributed by atoms with Crippen LogP contribution in [0, 0.1) is 0 Å². The number of benzene rings is 1. The monoisotopic (exact) mass is 385 g/mol. The van der Waals surface area contributed by atoms with Crippen LogP contribution in [0.25, 0.3) is 0 Å². The van der Waals surface area contributed by atoms with Gasteiger partial charge in [-0.15, -0.1) is 0 Å². The van der Waals surface area contributed by atoms with E-state index in [1.165, 1.54) is 18.3 Å². The number of nitrogens with zero attached hydrogens (tertiary/aromatic N) is 1. The lowest BCUT2D eigenvalue weighted by Crippen LogP contribution is -2.46. The zero-order chi connectivity index (χ0) is 19.3. The molecule has 0 saturated heterocycles. The molecule has 0 saturated carbocycles. The molecule has 0 bridgehead atoms. The number of hydrogen-bond donors (Lipinski definition) is 2. The Morgan fingerprint density at radius 2 is 1.73 bits per heavy atom. The molecule has 9 heteroatoms. The number of alkyl halides is 3. The molecule has 3 N–H and O–H groups in total. The van der Waals surface area contributed by atoms with Crippen molar-refractivity contribution in [3.63, 3.8) is 0 Å². The Bertz CT molecular complexity index is 777. The first-order chi connectivity index (χ1) is 12.1. The summed E-state index contributed by atoms with van der Waals surface area (Å²) in [7, 11) is 0. The maximum atomic E-state index is 12.5. The molecule has 2 rings (SSSR count). The molecule has 1 heterocycles. The number of carbonyl (C=O) groups is 2. The number of nitrogens with one attached hydrogen (secondary N) is 1. The lowest BCUT2D eigenvalue weighted by Gasteiger charge is -2.15. The number of hydrogen-bond acceptors (Lipinski definition) is 3. The van der Waals surface area contributed by atoms with E-state index in [1.807, 2.05) is 0 Å². The zero-order valence-corrected chi connectivity index (χ0v) is 14.1. The van der Waals surface area contributed by atoms with Crippen molar-refractivity contribution in [1.29, 1.82) is 0 Å². The Morgan fingerprint density at radius 1 is 1.12 bits per heavy atom. The van der Waals surface area contributed by atoms with Gasteiger partial charge in [-0.05, 0) is 29.3 Å². The molecule has 2 aromatic rings. The number of halogens is 4. The van der Waals surface area contributed by atoms with Gasteiger partial charge in [-0.25, -0.2) is 4.98 Å². The minimum atomic E-state index is -4.44. The maximum Gasteiger partial charge on any atom is 0.416 e. The summed E-state index contributed by atoms with van der Waals surface area (Å²) in [5.41, 5.74) is 5.53. The summed E-state index contributed by atoms with van der Waals surface area (Å²) in [5.74, 6) is -1.27. The van der Waals surface area contributed by atoms with Crippen LogP contribution in [0.2, 0.25) is 5.15 Å². The molecule has 0 aliphatic heterocycles. The fourth-order valence-corrected chi connectivity index (χ4v) is 2.34. The van der Waals surface area contributed by atoms with Gasteiger partial charge in [0.05, 0.1) is 12.0 Å². The highest BCUT2D eigenvalue weighted by Crippen LogP contribution is 2.29. The highest BCUT2D eigenvalue weighted by molar-refractivity contribution is 6.29. The molecule has 26 heavy (non-hydrogen) atoms. The van der Waals surface area contributed by atoms with E-state index in [-0.39, 0.29) is 18.0 Å². The van der Waals surface area contributed by atoms with Gasteiger partial charge in [0.1, 0.15) is 11.2 Å². The van der Waals surface area contributed by atoms with Crippen molar-refractivity contribution >= 4 is 23.4 Å². The third-order valence-corrected chi connectivity index (χ3v) is 3.78. The van der Waals surface area contributed by atoms with E-state index in [9.17, 15) is 22.8 Å². The van der Waals surface area contributed by atoms with E-state index in [0.717, 1.165) is 12.1 Å². The molecule has 1 atom stereocenters. The van der Waals surface area contributed by atoms with Crippen LogP contribution in [0.1, 0.15) is 16.7 Å². The van der Waals surface area contributed by atoms with E-state index >= 15 is 0 Å². The van der Waals surface area contributed by atoms with E-state index in [0.29, 0.717) is 11.1 Å². The molecule has 5 nitrogen and oxygen atoms in total. The van der Waals surface area contributed by atoms with Crippen molar-refractivity contribution in [2.45, 2.75) is 25.1 Å². The molecule has 0 fully saturated rings. The first-order valence-corrected chi connectivity index (χ1v) is 7.88. The maximum absolute atomic E-state index is 12.5. The van der Waals surface area contributed by atoms with E-state index in [2.05, 4.69) is 10.3 Å². The van der Waals surface area contributed by atoms with Crippen molar-refractivity contribution in [2.24, 2.45) is 5.73 Å². The normalized spacial score (nSPS) is 12.5. The first kappa shape index (κ1) is 19.7. The van der Waals surface area contributed by atoms with Crippen molar-refractivity contribution in [1.82, 2.24) is 10.3 Å². The first-order valence-electron chi connectivity index (χ1n) is 7.50. The smallest absolute Gasteiger partial charge is 0.368 e. The van der Waals surface area contributed by atoms with Crippen LogP contribution >= 0.6 is 11.6 Å². The lowest BCUT2D eigenvalue weighted by molar-refractivity contribution is -0.137. The summed E-state index contributed by atoms with van der Waals surface area (Å²) in [5, 5.41) is 2.76. The van der Waals surface area contributed by atoms with Gasteiger partial charge < -0.3 is 11.1 Å². The van der Waals surface area contributed by atoms with Gasteiger partial charge in [0.15, 0.2) is 0 Å². The van der Waals surface area contributed by atoms with E-state index in [4.69, 9.17) is 17.3 Å². The van der Waals surface area contributed by atoms with Crippen LogP contribution < -0.4 is 11.1 Å². The van der Waals surface area contributed by atoms with Crippen LogP contribution in [0.5, 0.6) is 0 Å². The predicted octanol–water partition coefficient (Wildman–Crippen LogP) is 2.51. The number of rotatable bonds is 6. The summed E-state index contributed by atoms with van der Waals surface area (Å²) in [6.07, 6.45) is -3.04. The summed E-state index contributed by atoms with van der Waals surface area (Å²) in [6, 6.07) is 6.43. The Balaban J connectivity index is 1.99. The van der Waals surface area contributed by atoms with Crippen molar-refractivity contribution in [3.8, 4) is 0 Å². The summed E-state index contributed by atoms with van der Waals surface area (Å²) in [4.78, 5) is 27.5. The second-order valence-corrected chi connectivity index (χ2v) is 5.97. The minimum absolute atomic E-state index is 0.123. The zero-order valence-electron chi connectivity index (χ0n) is 13.4. The molecule has 0 aliphatic rings. The topological polar surface area (TPSA) is 85.1 Å². The molecule has 1 aromatic heterocycles. The number of amides is 2. The minimum Gasteiger partial charge on any atom is -0.368 e. The molecule has 0 unspecified atom stereocenters. The van der Waals surface area contributed by atoms with Gasteiger partial charge >= 0.3 is 6.18 Å². The lowest BCUT2D eigenvalue weighted by atomic mass is 10.1. The van der Waals surface area contributed by atoms with Crippen molar-refractivity contribution in [2.75, 3.05) is 0 Å². The second kappa shape index (κ2) is 8.18. The van der Waals surface area contributed by atoms with Gasteiger partial charge in [0, 0.05) is 12.6 Å². The Morgan fingerprint density at radius 3 is 2.23 bits per heavy atom. The van der Waals surface area contributed by atoms with Gasteiger partial charge in [0.25, 0.3) is 0 Å².